The van der Waals surface area contributed by atoms with Crippen LogP contribution in [-0.2, 0) is 4.79 Å². The van der Waals surface area contributed by atoms with E-state index in [4.69, 9.17) is 14.2 Å². The van der Waals surface area contributed by atoms with Crippen molar-refractivity contribution >= 4 is 17.8 Å². The number of nitrogens with one attached hydrogen (secondary N) is 1. The number of nitro benzene ring substituents is 1. The Morgan fingerprint density at radius 3 is 2.63 bits per heavy atom. The molecule has 27 heavy (non-hydrogen) atoms. The van der Waals surface area contributed by atoms with E-state index in [-0.39, 0.29) is 11.4 Å². The Morgan fingerprint density at radius 2 is 1.96 bits per heavy atom. The molecule has 2 aromatic rings. The third-order valence-electron chi connectivity index (χ3n) is 3.50. The molecule has 0 saturated carbocycles. The summed E-state index contributed by atoms with van der Waals surface area (Å²) in [4.78, 5) is 22.3. The molecule has 0 unspecified atom stereocenters. The van der Waals surface area contributed by atoms with Gasteiger partial charge in [0.2, 0.25) is 0 Å². The van der Waals surface area contributed by atoms with Crippen LogP contribution in [0.1, 0.15) is 11.1 Å². The quantitative estimate of drug-likeness (QED) is 0.432. The maximum Gasteiger partial charge on any atom is 0.311 e. The van der Waals surface area contributed by atoms with Crippen LogP contribution in [0.25, 0.3) is 0 Å². The fourth-order valence-corrected chi connectivity index (χ4v) is 2.17. The minimum absolute atomic E-state index is 0.0153. The molecule has 0 heterocycles. The number of hydrazone groups is 1. The third-order valence-corrected chi connectivity index (χ3v) is 3.50. The molecule has 2 rings (SSSR count). The molecule has 0 spiro atoms. The van der Waals surface area contributed by atoms with Gasteiger partial charge in [0, 0.05) is 17.7 Å². The van der Waals surface area contributed by atoms with Gasteiger partial charge in [-0.2, -0.15) is 5.10 Å². The van der Waals surface area contributed by atoms with E-state index in [1.807, 2.05) is 0 Å². The Morgan fingerprint density at radius 1 is 1.19 bits per heavy atom. The van der Waals surface area contributed by atoms with Gasteiger partial charge in [-0.3, -0.25) is 14.9 Å². The van der Waals surface area contributed by atoms with Crippen LogP contribution in [0.5, 0.6) is 17.2 Å². The predicted octanol–water partition coefficient (Wildman–Crippen LogP) is 2.45. The van der Waals surface area contributed by atoms with E-state index in [1.54, 1.807) is 38.3 Å². The van der Waals surface area contributed by atoms with E-state index in [2.05, 4.69) is 10.5 Å². The summed E-state index contributed by atoms with van der Waals surface area (Å²) in [5, 5.41) is 14.9. The van der Waals surface area contributed by atoms with E-state index in [0.717, 1.165) is 5.56 Å². The molecule has 0 aliphatic heterocycles. The number of carbonyl (C=O) groups is 1. The smallest absolute Gasteiger partial charge is 0.311 e. The van der Waals surface area contributed by atoms with Crippen LogP contribution < -0.4 is 19.6 Å². The molecule has 2 aromatic carbocycles. The van der Waals surface area contributed by atoms with E-state index < -0.39 is 17.4 Å². The Labute approximate surface area is 155 Å². The van der Waals surface area contributed by atoms with Crippen molar-refractivity contribution < 1.29 is 23.9 Å². The number of methoxy groups -OCH3 is 2. The monoisotopic (exact) mass is 373 g/mol. The summed E-state index contributed by atoms with van der Waals surface area (Å²) in [7, 11) is 3.05. The maximum absolute atomic E-state index is 11.8. The summed E-state index contributed by atoms with van der Waals surface area (Å²) in [5.74, 6) is 0.607. The summed E-state index contributed by atoms with van der Waals surface area (Å²) in [5.41, 5.74) is 3.44. The van der Waals surface area contributed by atoms with Gasteiger partial charge in [-0.1, -0.05) is 6.07 Å². The fourth-order valence-electron chi connectivity index (χ4n) is 2.17. The summed E-state index contributed by atoms with van der Waals surface area (Å²) >= 11 is 0. The van der Waals surface area contributed by atoms with Crippen molar-refractivity contribution in [3.8, 4) is 17.2 Å². The topological polar surface area (TPSA) is 112 Å². The molecule has 0 aliphatic carbocycles. The van der Waals surface area contributed by atoms with Crippen molar-refractivity contribution in [3.63, 3.8) is 0 Å². The van der Waals surface area contributed by atoms with Crippen LogP contribution in [-0.4, -0.2) is 37.9 Å². The van der Waals surface area contributed by atoms with Gasteiger partial charge in [0.1, 0.15) is 11.5 Å². The average molecular weight is 373 g/mol. The fraction of sp³-hybridized carbons (Fsp3) is 0.222. The summed E-state index contributed by atoms with van der Waals surface area (Å²) in [6.07, 6.45) is 1.41. The lowest BCUT2D eigenvalue weighted by atomic mass is 10.2. The second-order valence-corrected chi connectivity index (χ2v) is 5.42. The highest BCUT2D eigenvalue weighted by atomic mass is 16.6. The van der Waals surface area contributed by atoms with Gasteiger partial charge < -0.3 is 14.2 Å². The Bertz CT molecular complexity index is 866. The van der Waals surface area contributed by atoms with Gasteiger partial charge in [-0.05, 0) is 30.7 Å². The van der Waals surface area contributed by atoms with Crippen LogP contribution in [0.3, 0.4) is 0 Å². The molecule has 142 valence electrons. The van der Waals surface area contributed by atoms with Crippen LogP contribution in [0, 0.1) is 17.0 Å². The van der Waals surface area contributed by atoms with Crippen molar-refractivity contribution in [2.24, 2.45) is 5.10 Å². The molecule has 0 aromatic heterocycles. The number of aryl methyl sites for hydroxylation is 1. The molecular weight excluding hydrogens is 354 g/mol. The van der Waals surface area contributed by atoms with Crippen LogP contribution >= 0.6 is 0 Å². The maximum atomic E-state index is 11.8. The molecular formula is C18H19N3O6. The standard InChI is InChI=1S/C18H19N3O6/c1-12-4-7-16(15(8-12)21(23)24)27-11-18(22)20-19-10-13-5-6-14(25-2)9-17(13)26-3/h4-10H,11H2,1-3H3,(H,20,22)/b19-10-. The first kappa shape index (κ1) is 19.7. The molecule has 1 N–H and O–H groups in total. The van der Waals surface area contributed by atoms with Crippen LogP contribution in [0.15, 0.2) is 41.5 Å². The zero-order chi connectivity index (χ0) is 19.8. The predicted molar refractivity (Wildman–Crippen MR) is 98.6 cm³/mol. The highest BCUT2D eigenvalue weighted by Crippen LogP contribution is 2.27. The Kier molecular flexibility index (Phi) is 6.70. The minimum atomic E-state index is -0.561. The normalized spacial score (nSPS) is 10.5. The first-order chi connectivity index (χ1) is 12.9. The highest BCUT2D eigenvalue weighted by Gasteiger charge is 2.16. The Balaban J connectivity index is 1.95. The summed E-state index contributed by atoms with van der Waals surface area (Å²) < 4.78 is 15.6. The third kappa shape index (κ3) is 5.43. The van der Waals surface area contributed by atoms with Crippen molar-refractivity contribution in [1.29, 1.82) is 0 Å². The lowest BCUT2D eigenvalue weighted by Crippen LogP contribution is -2.24. The van der Waals surface area contributed by atoms with Gasteiger partial charge in [0.15, 0.2) is 12.4 Å². The number of nitrogens with zero attached hydrogens (tertiary/aromatic N) is 2. The minimum Gasteiger partial charge on any atom is -0.497 e. The molecule has 9 nitrogen and oxygen atoms in total. The van der Waals surface area contributed by atoms with Crippen LogP contribution in [0.4, 0.5) is 5.69 Å². The van der Waals surface area contributed by atoms with E-state index in [9.17, 15) is 14.9 Å². The molecule has 0 radical (unpaired) electrons. The van der Waals surface area contributed by atoms with Gasteiger partial charge in [0.05, 0.1) is 25.4 Å². The lowest BCUT2D eigenvalue weighted by Gasteiger charge is -2.07. The largest absolute Gasteiger partial charge is 0.497 e. The number of hydrogen-bond acceptors (Lipinski definition) is 7. The SMILES string of the molecule is COc1ccc(/C=N\NC(=O)COc2ccc(C)cc2[N+](=O)[O-])c(OC)c1. The lowest BCUT2D eigenvalue weighted by molar-refractivity contribution is -0.385. The van der Waals surface area contributed by atoms with E-state index in [0.29, 0.717) is 17.1 Å². The molecule has 0 saturated heterocycles. The second kappa shape index (κ2) is 9.18. The van der Waals surface area contributed by atoms with Gasteiger partial charge in [-0.25, -0.2) is 5.43 Å². The number of rotatable bonds is 8. The number of amides is 1. The van der Waals surface area contributed by atoms with Crippen LogP contribution in [0.2, 0.25) is 0 Å². The summed E-state index contributed by atoms with van der Waals surface area (Å²) in [6, 6.07) is 9.62. The number of ether oxygens (including phenoxy) is 3. The Hall–Kier alpha value is -3.62. The van der Waals surface area contributed by atoms with E-state index in [1.165, 1.54) is 25.5 Å². The molecule has 0 bridgehead atoms. The molecule has 1 amide bonds. The zero-order valence-corrected chi connectivity index (χ0v) is 15.1. The number of benzene rings is 2. The van der Waals surface area contributed by atoms with Gasteiger partial charge in [0.25, 0.3) is 5.91 Å². The average Bonchev–Trinajstić information content (AvgIpc) is 2.67. The van der Waals surface area contributed by atoms with Gasteiger partial charge >= 0.3 is 5.69 Å². The van der Waals surface area contributed by atoms with Crippen molar-refractivity contribution in [1.82, 2.24) is 5.43 Å². The molecule has 0 aliphatic rings. The van der Waals surface area contributed by atoms with E-state index >= 15 is 0 Å². The molecule has 0 fully saturated rings. The first-order valence-electron chi connectivity index (χ1n) is 7.86. The molecule has 9 heteroatoms. The van der Waals surface area contributed by atoms with Crippen molar-refractivity contribution in [2.45, 2.75) is 6.92 Å². The van der Waals surface area contributed by atoms with Crippen molar-refractivity contribution in [2.75, 3.05) is 20.8 Å². The first-order valence-corrected chi connectivity index (χ1v) is 7.86. The number of carbonyl (C=O) groups excluding carboxylic acids is 1. The van der Waals surface area contributed by atoms with Crippen molar-refractivity contribution in [3.05, 3.63) is 57.6 Å². The van der Waals surface area contributed by atoms with Gasteiger partial charge in [-0.15, -0.1) is 0 Å². The number of hydrogen-bond donors (Lipinski definition) is 1. The zero-order valence-electron chi connectivity index (χ0n) is 15.1. The molecule has 0 atom stereocenters. The second-order valence-electron chi connectivity index (χ2n) is 5.42. The summed E-state index contributed by atoms with van der Waals surface area (Å²) in [6.45, 7) is 1.31. The highest BCUT2D eigenvalue weighted by molar-refractivity contribution is 5.85. The number of nitro groups is 1.